The van der Waals surface area contributed by atoms with Gasteiger partial charge in [0.25, 0.3) is 0 Å². The first-order valence-corrected chi connectivity index (χ1v) is 7.85. The van der Waals surface area contributed by atoms with Crippen molar-refractivity contribution in [3.05, 3.63) is 35.4 Å². The molecule has 0 radical (unpaired) electrons. The van der Waals surface area contributed by atoms with Crippen molar-refractivity contribution in [2.24, 2.45) is 5.92 Å². The van der Waals surface area contributed by atoms with Crippen molar-refractivity contribution in [2.75, 3.05) is 26.7 Å². The zero-order valence-corrected chi connectivity index (χ0v) is 13.3. The number of rotatable bonds is 3. The van der Waals surface area contributed by atoms with Crippen LogP contribution < -0.4 is 5.32 Å². The number of nitrogens with zero attached hydrogens (tertiary/aromatic N) is 1. The minimum absolute atomic E-state index is 0. The van der Waals surface area contributed by atoms with Crippen molar-refractivity contribution < 1.29 is 0 Å². The Bertz CT molecular complexity index is 413. The Balaban J connectivity index is 0.00000147. The molecule has 1 aliphatic carbocycles. The summed E-state index contributed by atoms with van der Waals surface area (Å²) in [6.07, 6.45) is 6.72. The van der Waals surface area contributed by atoms with Crippen molar-refractivity contribution in [3.63, 3.8) is 0 Å². The van der Waals surface area contributed by atoms with Gasteiger partial charge in [0.2, 0.25) is 0 Å². The van der Waals surface area contributed by atoms with Gasteiger partial charge in [-0.05, 0) is 75.8 Å². The van der Waals surface area contributed by atoms with Gasteiger partial charge in [0.05, 0.1) is 0 Å². The monoisotopic (exact) mass is 294 g/mol. The Kier molecular flexibility index (Phi) is 5.88. The second-order valence-corrected chi connectivity index (χ2v) is 6.14. The van der Waals surface area contributed by atoms with E-state index in [1.54, 1.807) is 11.1 Å². The molecule has 3 heteroatoms. The third-order valence-electron chi connectivity index (χ3n) is 4.92. The van der Waals surface area contributed by atoms with Crippen molar-refractivity contribution in [2.45, 2.75) is 38.1 Å². The Morgan fingerprint density at radius 3 is 2.65 bits per heavy atom. The lowest BCUT2D eigenvalue weighted by atomic mass is 9.85. The van der Waals surface area contributed by atoms with Crippen LogP contribution in [0.2, 0.25) is 0 Å². The molecular weight excluding hydrogens is 268 g/mol. The maximum absolute atomic E-state index is 3.33. The van der Waals surface area contributed by atoms with Crippen LogP contribution in [0.1, 0.15) is 42.9 Å². The first-order valence-electron chi connectivity index (χ1n) is 7.85. The average molecular weight is 295 g/mol. The fourth-order valence-electron chi connectivity index (χ4n) is 3.86. The lowest BCUT2D eigenvalue weighted by Crippen LogP contribution is -2.40. The highest BCUT2D eigenvalue weighted by Gasteiger charge is 2.28. The van der Waals surface area contributed by atoms with Crippen LogP contribution >= 0.6 is 12.4 Å². The van der Waals surface area contributed by atoms with Crippen molar-refractivity contribution in [1.82, 2.24) is 10.2 Å². The van der Waals surface area contributed by atoms with E-state index < -0.39 is 0 Å². The van der Waals surface area contributed by atoms with Gasteiger partial charge in [0.1, 0.15) is 0 Å². The molecule has 2 nitrogen and oxygen atoms in total. The molecule has 1 aromatic carbocycles. The molecule has 3 rings (SSSR count). The summed E-state index contributed by atoms with van der Waals surface area (Å²) in [7, 11) is 2.07. The van der Waals surface area contributed by atoms with Gasteiger partial charge in [-0.3, -0.25) is 4.90 Å². The van der Waals surface area contributed by atoms with E-state index in [-0.39, 0.29) is 12.4 Å². The summed E-state index contributed by atoms with van der Waals surface area (Å²) in [6, 6.07) is 9.79. The number of likely N-dealkylation sites (tertiary alicyclic amines) is 1. The zero-order chi connectivity index (χ0) is 13.1. The minimum Gasteiger partial charge on any atom is -0.319 e. The summed E-state index contributed by atoms with van der Waals surface area (Å²) in [6.45, 7) is 3.76. The highest BCUT2D eigenvalue weighted by atomic mass is 35.5. The summed E-state index contributed by atoms with van der Waals surface area (Å²) in [5.41, 5.74) is 3.21. The van der Waals surface area contributed by atoms with Crippen LogP contribution in [0.5, 0.6) is 0 Å². The van der Waals surface area contributed by atoms with Crippen molar-refractivity contribution in [3.8, 4) is 0 Å². The van der Waals surface area contributed by atoms with Gasteiger partial charge >= 0.3 is 0 Å². The van der Waals surface area contributed by atoms with E-state index in [9.17, 15) is 0 Å². The Hall–Kier alpha value is -0.570. The van der Waals surface area contributed by atoms with Crippen LogP contribution in [-0.2, 0) is 6.42 Å². The topological polar surface area (TPSA) is 15.3 Å². The second kappa shape index (κ2) is 7.44. The molecule has 1 fully saturated rings. The number of fused-ring (bicyclic) bond motifs is 1. The van der Waals surface area contributed by atoms with E-state index in [1.807, 2.05) is 0 Å². The lowest BCUT2D eigenvalue weighted by molar-refractivity contribution is 0.120. The molecule has 2 aliphatic rings. The van der Waals surface area contributed by atoms with E-state index in [0.29, 0.717) is 6.04 Å². The van der Waals surface area contributed by atoms with Crippen LogP contribution in [0.15, 0.2) is 24.3 Å². The largest absolute Gasteiger partial charge is 0.319 e. The maximum Gasteiger partial charge on any atom is 0.0350 e. The van der Waals surface area contributed by atoms with Gasteiger partial charge in [0.15, 0.2) is 0 Å². The minimum atomic E-state index is 0. The quantitative estimate of drug-likeness (QED) is 0.919. The molecule has 1 saturated heterocycles. The van der Waals surface area contributed by atoms with Gasteiger partial charge in [-0.15, -0.1) is 12.4 Å². The normalized spacial score (nSPS) is 23.9. The maximum atomic E-state index is 3.33. The van der Waals surface area contributed by atoms with Crippen molar-refractivity contribution >= 4 is 12.4 Å². The van der Waals surface area contributed by atoms with Crippen LogP contribution in [0.25, 0.3) is 0 Å². The highest BCUT2D eigenvalue weighted by molar-refractivity contribution is 5.85. The molecule has 1 atom stereocenters. The summed E-state index contributed by atoms with van der Waals surface area (Å²) >= 11 is 0. The molecule has 0 amide bonds. The molecule has 1 N–H and O–H groups in total. The van der Waals surface area contributed by atoms with Crippen LogP contribution in [0, 0.1) is 5.92 Å². The van der Waals surface area contributed by atoms with Gasteiger partial charge in [-0.1, -0.05) is 24.3 Å². The van der Waals surface area contributed by atoms with E-state index in [4.69, 9.17) is 0 Å². The predicted molar refractivity (Wildman–Crippen MR) is 87.6 cm³/mol. The summed E-state index contributed by atoms with van der Waals surface area (Å²) in [5.74, 6) is 0.889. The third-order valence-corrected chi connectivity index (χ3v) is 4.92. The lowest BCUT2D eigenvalue weighted by Gasteiger charge is -2.40. The van der Waals surface area contributed by atoms with Crippen molar-refractivity contribution in [1.29, 1.82) is 0 Å². The smallest absolute Gasteiger partial charge is 0.0350 e. The first-order chi connectivity index (χ1) is 9.38. The molecule has 1 heterocycles. The molecule has 0 saturated carbocycles. The van der Waals surface area contributed by atoms with Gasteiger partial charge in [0, 0.05) is 6.04 Å². The van der Waals surface area contributed by atoms with Gasteiger partial charge in [-0.25, -0.2) is 0 Å². The molecule has 0 aromatic heterocycles. The molecule has 1 aromatic rings. The fourth-order valence-corrected chi connectivity index (χ4v) is 3.86. The second-order valence-electron chi connectivity index (χ2n) is 6.14. The van der Waals surface area contributed by atoms with Gasteiger partial charge < -0.3 is 5.32 Å². The van der Waals surface area contributed by atoms with Gasteiger partial charge in [-0.2, -0.15) is 0 Å². The first kappa shape index (κ1) is 15.8. The number of piperidine rings is 1. The number of halogens is 1. The van der Waals surface area contributed by atoms with Crippen LogP contribution in [-0.4, -0.2) is 31.6 Å². The van der Waals surface area contributed by atoms with Crippen LogP contribution in [0.4, 0.5) is 0 Å². The van der Waals surface area contributed by atoms with E-state index in [0.717, 1.165) is 5.92 Å². The SMILES string of the molecule is CNCC1CCN(C2CCCc3ccccc32)CC1.Cl. The number of benzene rings is 1. The third kappa shape index (κ3) is 3.36. The Morgan fingerprint density at radius 2 is 1.90 bits per heavy atom. The Morgan fingerprint density at radius 1 is 1.15 bits per heavy atom. The summed E-state index contributed by atoms with van der Waals surface area (Å²) in [4.78, 5) is 2.74. The van der Waals surface area contributed by atoms with E-state index >= 15 is 0 Å². The molecule has 0 bridgehead atoms. The van der Waals surface area contributed by atoms with E-state index in [2.05, 4.69) is 41.5 Å². The summed E-state index contributed by atoms with van der Waals surface area (Å²) in [5, 5.41) is 3.33. The number of nitrogens with one attached hydrogen (secondary N) is 1. The molecule has 1 aliphatic heterocycles. The average Bonchev–Trinajstić information content (AvgIpc) is 2.48. The molecule has 1 unspecified atom stereocenters. The standard InChI is InChI=1S/C17H26N2.ClH/c1-18-13-14-9-11-19(12-10-14)17-8-4-6-15-5-2-3-7-16(15)17;/h2-3,5,7,14,17-18H,4,6,8-13H2,1H3;1H. The number of hydrogen-bond acceptors (Lipinski definition) is 2. The molecular formula is C17H27ClN2. The summed E-state index contributed by atoms with van der Waals surface area (Å²) < 4.78 is 0. The molecule has 0 spiro atoms. The fraction of sp³-hybridized carbons (Fsp3) is 0.647. The number of hydrogen-bond donors (Lipinski definition) is 1. The van der Waals surface area contributed by atoms with Crippen LogP contribution in [0.3, 0.4) is 0 Å². The predicted octanol–water partition coefficient (Wildman–Crippen LogP) is 3.42. The van der Waals surface area contributed by atoms with E-state index in [1.165, 1.54) is 51.7 Å². The molecule has 112 valence electrons. The zero-order valence-electron chi connectivity index (χ0n) is 12.5. The highest BCUT2D eigenvalue weighted by Crippen LogP contribution is 2.36. The number of aryl methyl sites for hydroxylation is 1. The molecule has 20 heavy (non-hydrogen) atoms. The Labute approximate surface area is 129 Å².